The van der Waals surface area contributed by atoms with Crippen molar-refractivity contribution in [2.24, 2.45) is 4.99 Å². The Balaban J connectivity index is 0.000000886. The van der Waals surface area contributed by atoms with Crippen molar-refractivity contribution < 1.29 is 18.0 Å². The van der Waals surface area contributed by atoms with Gasteiger partial charge in [-0.3, -0.25) is 19.2 Å². The number of nitrogens with zero attached hydrogens (tertiary/aromatic N) is 6. The average molecular weight is 519 g/mol. The number of amides is 1. The van der Waals surface area contributed by atoms with Gasteiger partial charge in [0.2, 0.25) is 11.9 Å². The molecule has 1 aliphatic heterocycles. The second kappa shape index (κ2) is 12.0. The van der Waals surface area contributed by atoms with Crippen LogP contribution >= 0.6 is 0 Å². The standard InChI is InChI=1S/C22H26F2N8O.C3H7F/c1-11(2)26-16-5-6-18(27-12(16)3)19-15(24)10-32-20(19)21(25)29-22(30-32)28-17-7-8-31(13(4)33)9-14(17)23;1-2-3-4/h5-6,10,14,17H,7-9H2,1-4H3,(H3,25,28,29,30);2-3H2,1H3. The molecule has 0 aromatic carbocycles. The first-order valence-corrected chi connectivity index (χ1v) is 12.1. The number of aliphatic imine (C=N–C) groups is 1. The first-order chi connectivity index (χ1) is 17.5. The summed E-state index contributed by atoms with van der Waals surface area (Å²) in [5, 5.41) is 7.22. The van der Waals surface area contributed by atoms with E-state index in [0.29, 0.717) is 36.5 Å². The summed E-state index contributed by atoms with van der Waals surface area (Å²) < 4.78 is 41.5. The number of hydrogen-bond donors (Lipinski definition) is 2. The Bertz CT molecular complexity index is 1290. The number of nitrogen functional groups attached to an aromatic ring is 1. The van der Waals surface area contributed by atoms with Crippen molar-refractivity contribution in [2.75, 3.05) is 30.8 Å². The second-order valence-electron chi connectivity index (χ2n) is 9.04. The Labute approximate surface area is 214 Å². The van der Waals surface area contributed by atoms with Gasteiger partial charge >= 0.3 is 0 Å². The van der Waals surface area contributed by atoms with Crippen molar-refractivity contribution in [1.29, 1.82) is 0 Å². The van der Waals surface area contributed by atoms with Gasteiger partial charge in [0.15, 0.2) is 11.6 Å². The lowest BCUT2D eigenvalue weighted by molar-refractivity contribution is -0.131. The molecule has 4 heterocycles. The molecule has 4 rings (SSSR count). The van der Waals surface area contributed by atoms with Crippen LogP contribution in [0.5, 0.6) is 0 Å². The lowest BCUT2D eigenvalue weighted by Gasteiger charge is -2.34. The Kier molecular flexibility index (Phi) is 9.06. The zero-order chi connectivity index (χ0) is 27.3. The van der Waals surface area contributed by atoms with Crippen molar-refractivity contribution >= 4 is 34.6 Å². The molecule has 2 unspecified atom stereocenters. The minimum absolute atomic E-state index is 0.00433. The molecule has 3 aromatic rings. The maximum Gasteiger partial charge on any atom is 0.243 e. The highest BCUT2D eigenvalue weighted by atomic mass is 19.1. The molecular weight excluding hydrogens is 485 g/mol. The van der Waals surface area contributed by atoms with Crippen molar-refractivity contribution in [3.05, 3.63) is 29.8 Å². The van der Waals surface area contributed by atoms with E-state index in [4.69, 9.17) is 5.73 Å². The number of pyridine rings is 1. The summed E-state index contributed by atoms with van der Waals surface area (Å²) in [5.41, 5.74) is 9.25. The van der Waals surface area contributed by atoms with Gasteiger partial charge in [-0.15, -0.1) is 5.10 Å². The van der Waals surface area contributed by atoms with Gasteiger partial charge in [0.1, 0.15) is 11.7 Å². The van der Waals surface area contributed by atoms with Crippen LogP contribution in [0.2, 0.25) is 0 Å². The SMILES string of the molecule is CC(=O)N1CCC(Nc2nc(N)c3c(-c4ccc(N=C(C)C)c(C)n4)c(F)cn3n2)C(F)C1.CCCF. The summed E-state index contributed by atoms with van der Waals surface area (Å²) in [6.07, 6.45) is 0.946. The zero-order valence-corrected chi connectivity index (χ0v) is 21.7. The van der Waals surface area contributed by atoms with E-state index in [9.17, 15) is 18.0 Å². The summed E-state index contributed by atoms with van der Waals surface area (Å²) in [6.45, 7) is 9.03. The maximum atomic E-state index is 15.0. The summed E-state index contributed by atoms with van der Waals surface area (Å²) in [6, 6.07) is 2.86. The molecule has 0 saturated carbocycles. The van der Waals surface area contributed by atoms with Crippen LogP contribution < -0.4 is 11.1 Å². The number of fused-ring (bicyclic) bond motifs is 1. The van der Waals surface area contributed by atoms with Crippen LogP contribution in [0, 0.1) is 12.7 Å². The monoisotopic (exact) mass is 518 g/mol. The molecule has 0 spiro atoms. The fourth-order valence-electron chi connectivity index (χ4n) is 3.96. The van der Waals surface area contributed by atoms with Crippen LogP contribution in [-0.2, 0) is 4.79 Å². The van der Waals surface area contributed by atoms with Gasteiger partial charge in [-0.25, -0.2) is 13.3 Å². The van der Waals surface area contributed by atoms with E-state index >= 15 is 0 Å². The van der Waals surface area contributed by atoms with Crippen LogP contribution in [0.3, 0.4) is 0 Å². The van der Waals surface area contributed by atoms with Crippen molar-refractivity contribution in [3.8, 4) is 11.3 Å². The van der Waals surface area contributed by atoms with Crippen molar-refractivity contribution in [1.82, 2.24) is 24.5 Å². The van der Waals surface area contributed by atoms with E-state index in [1.165, 1.54) is 22.5 Å². The van der Waals surface area contributed by atoms with Gasteiger partial charge in [-0.2, -0.15) is 4.98 Å². The highest BCUT2D eigenvalue weighted by Crippen LogP contribution is 2.33. The third-order valence-corrected chi connectivity index (χ3v) is 5.76. The Morgan fingerprint density at radius 1 is 1.27 bits per heavy atom. The fraction of sp³-hybridized carbons (Fsp3) is 0.480. The number of halogens is 3. The van der Waals surface area contributed by atoms with Crippen LogP contribution in [-0.4, -0.2) is 68.1 Å². The largest absolute Gasteiger partial charge is 0.382 e. The van der Waals surface area contributed by atoms with Crippen LogP contribution in [0.25, 0.3) is 16.8 Å². The smallest absolute Gasteiger partial charge is 0.243 e. The summed E-state index contributed by atoms with van der Waals surface area (Å²) >= 11 is 0. The van der Waals surface area contributed by atoms with E-state index in [1.807, 2.05) is 13.8 Å². The van der Waals surface area contributed by atoms with Crippen LogP contribution in [0.1, 0.15) is 46.2 Å². The fourth-order valence-corrected chi connectivity index (χ4v) is 3.96. The molecule has 3 N–H and O–H groups in total. The normalized spacial score (nSPS) is 17.2. The number of anilines is 2. The number of aryl methyl sites for hydroxylation is 1. The number of alkyl halides is 2. The predicted molar refractivity (Wildman–Crippen MR) is 139 cm³/mol. The second-order valence-corrected chi connectivity index (χ2v) is 9.04. The Morgan fingerprint density at radius 3 is 2.54 bits per heavy atom. The van der Waals surface area contributed by atoms with Gasteiger partial charge in [0, 0.05) is 19.2 Å². The van der Waals surface area contributed by atoms with E-state index < -0.39 is 18.0 Å². The molecule has 0 aliphatic carbocycles. The molecule has 3 aromatic heterocycles. The molecule has 1 saturated heterocycles. The number of aromatic nitrogens is 4. The first kappa shape index (κ1) is 27.9. The van der Waals surface area contributed by atoms with Gasteiger partial charge < -0.3 is 16.0 Å². The molecule has 0 radical (unpaired) electrons. The van der Waals surface area contributed by atoms with E-state index in [1.54, 1.807) is 26.0 Å². The van der Waals surface area contributed by atoms with Crippen LogP contribution in [0.4, 0.5) is 30.6 Å². The molecule has 1 fully saturated rings. The average Bonchev–Trinajstić information content (AvgIpc) is 3.17. The van der Waals surface area contributed by atoms with Gasteiger partial charge in [0.05, 0.1) is 48.1 Å². The highest BCUT2D eigenvalue weighted by Gasteiger charge is 2.31. The molecule has 9 nitrogen and oxygen atoms in total. The lowest BCUT2D eigenvalue weighted by atomic mass is 10.0. The lowest BCUT2D eigenvalue weighted by Crippen LogP contribution is -2.49. The van der Waals surface area contributed by atoms with Crippen molar-refractivity contribution in [3.63, 3.8) is 0 Å². The minimum Gasteiger partial charge on any atom is -0.382 e. The molecule has 0 bridgehead atoms. The third-order valence-electron chi connectivity index (χ3n) is 5.76. The maximum absolute atomic E-state index is 15.0. The molecule has 1 aliphatic rings. The number of piperidine rings is 1. The third kappa shape index (κ3) is 6.55. The quantitative estimate of drug-likeness (QED) is 0.475. The molecule has 2 atom stereocenters. The first-order valence-electron chi connectivity index (χ1n) is 12.1. The summed E-state index contributed by atoms with van der Waals surface area (Å²) in [7, 11) is 0. The molecule has 1 amide bonds. The van der Waals surface area contributed by atoms with E-state index in [0.717, 1.165) is 5.71 Å². The number of hydrogen-bond acceptors (Lipinski definition) is 7. The molecule has 37 heavy (non-hydrogen) atoms. The molecule has 200 valence electrons. The molecule has 12 heteroatoms. The van der Waals surface area contributed by atoms with Crippen molar-refractivity contribution in [2.45, 2.75) is 59.7 Å². The highest BCUT2D eigenvalue weighted by molar-refractivity contribution is 5.88. The summed E-state index contributed by atoms with van der Waals surface area (Å²) in [5.74, 6) is -0.602. The number of rotatable bonds is 5. The van der Waals surface area contributed by atoms with Gasteiger partial charge in [-0.1, -0.05) is 6.92 Å². The number of carbonyl (C=O) groups is 1. The van der Waals surface area contributed by atoms with Crippen LogP contribution in [0.15, 0.2) is 23.3 Å². The van der Waals surface area contributed by atoms with Gasteiger partial charge in [0.25, 0.3) is 0 Å². The topological polar surface area (TPSA) is 114 Å². The number of nitrogens with one attached hydrogen (secondary N) is 1. The number of nitrogens with two attached hydrogens (primary N) is 1. The number of likely N-dealkylation sites (tertiary alicyclic amines) is 1. The zero-order valence-electron chi connectivity index (χ0n) is 21.7. The Morgan fingerprint density at radius 2 is 1.97 bits per heavy atom. The van der Waals surface area contributed by atoms with E-state index in [-0.39, 0.29) is 42.0 Å². The summed E-state index contributed by atoms with van der Waals surface area (Å²) in [4.78, 5) is 26.1. The van der Waals surface area contributed by atoms with Gasteiger partial charge in [-0.05, 0) is 45.7 Å². The number of carbonyl (C=O) groups excluding carboxylic acids is 1. The van der Waals surface area contributed by atoms with E-state index in [2.05, 4.69) is 25.4 Å². The Hall–Kier alpha value is -3.70. The molecular formula is C25H33F3N8O. The predicted octanol–water partition coefficient (Wildman–Crippen LogP) is 4.67. The minimum atomic E-state index is -1.29.